The van der Waals surface area contributed by atoms with Crippen molar-refractivity contribution in [2.24, 2.45) is 0 Å². The minimum absolute atomic E-state index is 0.00332. The summed E-state index contributed by atoms with van der Waals surface area (Å²) >= 11 is 1.46. The number of aryl methyl sites for hydroxylation is 3. The fourth-order valence-corrected chi connectivity index (χ4v) is 5.29. The van der Waals surface area contributed by atoms with E-state index in [2.05, 4.69) is 24.3 Å². The SMILES string of the molecule is Cc1ccc(C(=O)c2ccc(C(c3ccc(C)cc3)c3ccc(C(=O)c4ccc(C)cc4)s3)o2)cc1. The molecule has 0 saturated carbocycles. The first-order chi connectivity index (χ1) is 17.4. The maximum Gasteiger partial charge on any atom is 0.228 e. The number of ketones is 2. The molecule has 3 nitrogen and oxygen atoms in total. The third kappa shape index (κ3) is 4.86. The minimum Gasteiger partial charge on any atom is -0.457 e. The lowest BCUT2D eigenvalue weighted by molar-refractivity contribution is 0.101. The molecule has 0 N–H and O–H groups in total. The van der Waals surface area contributed by atoms with Crippen molar-refractivity contribution in [2.45, 2.75) is 26.7 Å². The van der Waals surface area contributed by atoms with E-state index in [1.807, 2.05) is 87.5 Å². The lowest BCUT2D eigenvalue weighted by Crippen LogP contribution is -2.02. The van der Waals surface area contributed by atoms with Crippen LogP contribution in [0.25, 0.3) is 0 Å². The van der Waals surface area contributed by atoms with Crippen molar-refractivity contribution in [3.63, 3.8) is 0 Å². The zero-order valence-electron chi connectivity index (χ0n) is 20.4. The Kier molecular flexibility index (Phi) is 6.53. The van der Waals surface area contributed by atoms with Gasteiger partial charge in [0.05, 0.1) is 10.8 Å². The van der Waals surface area contributed by atoms with Crippen LogP contribution in [0.15, 0.2) is 101 Å². The maximum atomic E-state index is 13.1. The van der Waals surface area contributed by atoms with Gasteiger partial charge in [0.1, 0.15) is 5.76 Å². The summed E-state index contributed by atoms with van der Waals surface area (Å²) in [6.45, 7) is 6.04. The summed E-state index contributed by atoms with van der Waals surface area (Å²) in [6, 6.07) is 30.9. The van der Waals surface area contributed by atoms with Crippen LogP contribution in [-0.4, -0.2) is 11.6 Å². The highest BCUT2D eigenvalue weighted by Crippen LogP contribution is 2.38. The van der Waals surface area contributed by atoms with Crippen molar-refractivity contribution in [1.29, 1.82) is 0 Å². The average molecular weight is 491 g/mol. The van der Waals surface area contributed by atoms with Gasteiger partial charge in [-0.1, -0.05) is 89.5 Å². The van der Waals surface area contributed by atoms with E-state index in [0.29, 0.717) is 27.5 Å². The van der Waals surface area contributed by atoms with Crippen molar-refractivity contribution >= 4 is 22.9 Å². The Hall–Kier alpha value is -4.02. The number of furan rings is 1. The number of hydrogen-bond donors (Lipinski definition) is 0. The van der Waals surface area contributed by atoms with Gasteiger partial charge in [-0.3, -0.25) is 9.59 Å². The van der Waals surface area contributed by atoms with Crippen molar-refractivity contribution in [1.82, 2.24) is 0 Å². The van der Waals surface area contributed by atoms with Crippen LogP contribution in [0.2, 0.25) is 0 Å². The third-order valence-corrected chi connectivity index (χ3v) is 7.46. The van der Waals surface area contributed by atoms with E-state index in [9.17, 15) is 9.59 Å². The molecule has 0 aliphatic heterocycles. The first kappa shape index (κ1) is 23.7. The van der Waals surface area contributed by atoms with E-state index in [1.165, 1.54) is 11.3 Å². The van der Waals surface area contributed by atoms with Crippen LogP contribution in [0, 0.1) is 20.8 Å². The van der Waals surface area contributed by atoms with Gasteiger partial charge in [0.2, 0.25) is 11.6 Å². The van der Waals surface area contributed by atoms with Crippen LogP contribution in [0.4, 0.5) is 0 Å². The van der Waals surface area contributed by atoms with Crippen molar-refractivity contribution in [3.8, 4) is 0 Å². The predicted octanol–water partition coefficient (Wildman–Crippen LogP) is 7.91. The predicted molar refractivity (Wildman–Crippen MR) is 144 cm³/mol. The van der Waals surface area contributed by atoms with E-state index in [1.54, 1.807) is 6.07 Å². The zero-order valence-corrected chi connectivity index (χ0v) is 21.3. The second-order valence-electron chi connectivity index (χ2n) is 9.14. The van der Waals surface area contributed by atoms with Gasteiger partial charge < -0.3 is 4.42 Å². The molecule has 0 fully saturated rings. The highest BCUT2D eigenvalue weighted by Gasteiger charge is 2.25. The number of rotatable bonds is 7. The smallest absolute Gasteiger partial charge is 0.228 e. The number of carbonyl (C=O) groups excluding carboxylic acids is 2. The Balaban J connectivity index is 1.51. The number of hydrogen-bond acceptors (Lipinski definition) is 4. The molecule has 36 heavy (non-hydrogen) atoms. The highest BCUT2D eigenvalue weighted by atomic mass is 32.1. The molecule has 0 spiro atoms. The largest absolute Gasteiger partial charge is 0.457 e. The molecule has 3 aromatic carbocycles. The van der Waals surface area contributed by atoms with E-state index >= 15 is 0 Å². The summed E-state index contributed by atoms with van der Waals surface area (Å²) in [5, 5.41) is 0. The summed E-state index contributed by atoms with van der Waals surface area (Å²) in [6.07, 6.45) is 0. The van der Waals surface area contributed by atoms with Gasteiger partial charge in [-0.05, 0) is 50.6 Å². The molecule has 5 rings (SSSR count). The standard InChI is InChI=1S/C32H26O3S/c1-20-4-10-23(11-5-20)30(26-16-17-27(35-26)31(33)24-12-6-21(2)7-13-24)28-18-19-29(36-28)32(34)25-14-8-22(3)9-15-25/h4-19,30H,1-3H3. The summed E-state index contributed by atoms with van der Waals surface area (Å²) in [5.41, 5.74) is 5.68. The first-order valence-electron chi connectivity index (χ1n) is 11.9. The topological polar surface area (TPSA) is 47.3 Å². The van der Waals surface area contributed by atoms with E-state index < -0.39 is 0 Å². The molecule has 1 unspecified atom stereocenters. The van der Waals surface area contributed by atoms with E-state index in [-0.39, 0.29) is 17.5 Å². The second kappa shape index (κ2) is 9.92. The molecule has 0 saturated heterocycles. The molecule has 2 heterocycles. The second-order valence-corrected chi connectivity index (χ2v) is 10.3. The number of thiophene rings is 1. The van der Waals surface area contributed by atoms with E-state index in [0.717, 1.165) is 27.1 Å². The van der Waals surface area contributed by atoms with Crippen LogP contribution in [0.1, 0.15) is 70.2 Å². The summed E-state index contributed by atoms with van der Waals surface area (Å²) < 4.78 is 6.17. The number of carbonyl (C=O) groups is 2. The molecule has 0 radical (unpaired) electrons. The molecule has 178 valence electrons. The van der Waals surface area contributed by atoms with Gasteiger partial charge in [0.15, 0.2) is 5.76 Å². The van der Waals surface area contributed by atoms with Crippen LogP contribution in [-0.2, 0) is 0 Å². The number of benzene rings is 3. The Morgan fingerprint density at radius 2 is 1.14 bits per heavy atom. The third-order valence-electron chi connectivity index (χ3n) is 6.31. The Morgan fingerprint density at radius 3 is 1.72 bits per heavy atom. The highest BCUT2D eigenvalue weighted by molar-refractivity contribution is 7.14. The lowest BCUT2D eigenvalue weighted by atomic mass is 9.94. The van der Waals surface area contributed by atoms with Gasteiger partial charge >= 0.3 is 0 Å². The molecule has 0 amide bonds. The van der Waals surface area contributed by atoms with Crippen molar-refractivity contribution < 1.29 is 14.0 Å². The zero-order chi connectivity index (χ0) is 25.2. The summed E-state index contributed by atoms with van der Waals surface area (Å²) in [5.74, 6) is 0.604. The lowest BCUT2D eigenvalue weighted by Gasteiger charge is -2.14. The summed E-state index contributed by atoms with van der Waals surface area (Å²) in [4.78, 5) is 27.8. The Bertz CT molecular complexity index is 1420. The van der Waals surface area contributed by atoms with Crippen LogP contribution in [0.3, 0.4) is 0 Å². The summed E-state index contributed by atoms with van der Waals surface area (Å²) in [7, 11) is 0. The van der Waals surface area contributed by atoms with Gasteiger partial charge in [-0.15, -0.1) is 11.3 Å². The molecule has 0 aliphatic carbocycles. The molecule has 1 atom stereocenters. The van der Waals surface area contributed by atoms with Crippen LogP contribution in [0.5, 0.6) is 0 Å². The molecular weight excluding hydrogens is 464 g/mol. The Labute approximate surface area is 215 Å². The molecule has 0 bridgehead atoms. The normalized spacial score (nSPS) is 11.9. The first-order valence-corrected chi connectivity index (χ1v) is 12.7. The van der Waals surface area contributed by atoms with Gasteiger partial charge in [-0.2, -0.15) is 0 Å². The van der Waals surface area contributed by atoms with Gasteiger partial charge in [0.25, 0.3) is 0 Å². The fourth-order valence-electron chi connectivity index (χ4n) is 4.18. The maximum absolute atomic E-state index is 13.1. The van der Waals surface area contributed by atoms with Gasteiger partial charge in [-0.25, -0.2) is 0 Å². The average Bonchev–Trinajstić information content (AvgIpc) is 3.56. The van der Waals surface area contributed by atoms with E-state index in [4.69, 9.17) is 4.42 Å². The molecule has 2 aromatic heterocycles. The monoisotopic (exact) mass is 490 g/mol. The Morgan fingerprint density at radius 1 is 0.611 bits per heavy atom. The molecule has 5 aromatic rings. The molecule has 4 heteroatoms. The van der Waals surface area contributed by atoms with Crippen molar-refractivity contribution in [2.75, 3.05) is 0 Å². The molecule has 0 aliphatic rings. The minimum atomic E-state index is -0.227. The van der Waals surface area contributed by atoms with Crippen molar-refractivity contribution in [3.05, 3.63) is 152 Å². The van der Waals surface area contributed by atoms with Crippen LogP contribution >= 0.6 is 11.3 Å². The van der Waals surface area contributed by atoms with Gasteiger partial charge in [0, 0.05) is 16.0 Å². The van der Waals surface area contributed by atoms with Crippen LogP contribution < -0.4 is 0 Å². The fraction of sp³-hybridized carbons (Fsp3) is 0.125. The molecular formula is C32H26O3S. The quantitative estimate of drug-likeness (QED) is 0.218.